The lowest BCUT2D eigenvalue weighted by Gasteiger charge is -2.24. The molecule has 3 rings (SSSR count). The molecule has 1 fully saturated rings. The van der Waals surface area contributed by atoms with Crippen molar-refractivity contribution in [2.75, 3.05) is 0 Å². The Balaban J connectivity index is 1.97. The lowest BCUT2D eigenvalue weighted by molar-refractivity contribution is -0.143. The van der Waals surface area contributed by atoms with Crippen molar-refractivity contribution in [3.8, 4) is 5.69 Å². The molecule has 1 aliphatic carbocycles. The van der Waals surface area contributed by atoms with Crippen molar-refractivity contribution in [2.24, 2.45) is 0 Å². The molecule has 0 amide bonds. The highest BCUT2D eigenvalue weighted by atomic mass is 16.4. The quantitative estimate of drug-likeness (QED) is 0.932. The maximum atomic E-state index is 11.7. The molecule has 4 nitrogen and oxygen atoms in total. The second-order valence-electron chi connectivity index (χ2n) is 5.53. The molecule has 0 unspecified atom stereocenters. The molecule has 20 heavy (non-hydrogen) atoms. The van der Waals surface area contributed by atoms with Crippen LogP contribution in [0.15, 0.2) is 36.5 Å². The van der Waals surface area contributed by atoms with Gasteiger partial charge >= 0.3 is 5.97 Å². The number of hydrogen-bond donors (Lipinski definition) is 1. The molecule has 0 saturated heterocycles. The van der Waals surface area contributed by atoms with Gasteiger partial charge in [-0.3, -0.25) is 4.79 Å². The number of benzene rings is 1. The van der Waals surface area contributed by atoms with Gasteiger partial charge in [-0.25, -0.2) is 4.68 Å². The molecule has 0 bridgehead atoms. The summed E-state index contributed by atoms with van der Waals surface area (Å²) in [7, 11) is 0. The summed E-state index contributed by atoms with van der Waals surface area (Å²) in [4.78, 5) is 11.7. The van der Waals surface area contributed by atoms with Crippen molar-refractivity contribution in [1.29, 1.82) is 0 Å². The van der Waals surface area contributed by atoms with E-state index in [0.717, 1.165) is 42.6 Å². The molecule has 2 aromatic rings. The van der Waals surface area contributed by atoms with E-state index in [1.807, 2.05) is 41.9 Å². The molecule has 1 heterocycles. The number of carbonyl (C=O) groups is 1. The smallest absolute Gasteiger partial charge is 0.314 e. The van der Waals surface area contributed by atoms with Gasteiger partial charge in [0.1, 0.15) is 0 Å². The molecule has 1 aromatic heterocycles. The summed E-state index contributed by atoms with van der Waals surface area (Å²) < 4.78 is 1.85. The fraction of sp³-hybridized carbons (Fsp3) is 0.375. The van der Waals surface area contributed by atoms with E-state index in [0.29, 0.717) is 0 Å². The minimum absolute atomic E-state index is 0.683. The summed E-state index contributed by atoms with van der Waals surface area (Å²) in [6.45, 7) is 2.00. The lowest BCUT2D eigenvalue weighted by Crippen LogP contribution is -2.32. The maximum Gasteiger partial charge on any atom is 0.314 e. The predicted octanol–water partition coefficient (Wildman–Crippen LogP) is 3.08. The molecule has 0 spiro atoms. The van der Waals surface area contributed by atoms with Gasteiger partial charge < -0.3 is 5.11 Å². The zero-order valence-electron chi connectivity index (χ0n) is 11.5. The molecule has 0 radical (unpaired) electrons. The van der Waals surface area contributed by atoms with Crippen LogP contribution < -0.4 is 0 Å². The maximum absolute atomic E-state index is 11.7. The number of carboxylic acids is 1. The Bertz CT molecular complexity index is 622. The van der Waals surface area contributed by atoms with E-state index in [1.54, 1.807) is 6.20 Å². The van der Waals surface area contributed by atoms with Gasteiger partial charge in [0.25, 0.3) is 0 Å². The largest absolute Gasteiger partial charge is 0.481 e. The third-order valence-electron chi connectivity index (χ3n) is 4.36. The number of hydrogen-bond acceptors (Lipinski definition) is 2. The standard InChI is InChI=1S/C16H18N2O2/c1-12-8-11-17-18(12)14-6-4-13(5-7-14)16(15(19)20)9-2-3-10-16/h4-8,11H,2-3,9-10H2,1H3,(H,19,20). The average Bonchev–Trinajstić information content (AvgIpc) is 3.08. The normalized spacial score (nSPS) is 17.2. The van der Waals surface area contributed by atoms with Gasteiger partial charge in [-0.2, -0.15) is 5.10 Å². The van der Waals surface area contributed by atoms with Gasteiger partial charge in [0.2, 0.25) is 0 Å². The van der Waals surface area contributed by atoms with Gasteiger partial charge in [-0.15, -0.1) is 0 Å². The molecule has 1 aromatic carbocycles. The van der Waals surface area contributed by atoms with Crippen LogP contribution in [-0.4, -0.2) is 20.9 Å². The average molecular weight is 270 g/mol. The van der Waals surface area contributed by atoms with Crippen LogP contribution in [0.4, 0.5) is 0 Å². The van der Waals surface area contributed by atoms with Crippen molar-refractivity contribution in [1.82, 2.24) is 9.78 Å². The first kappa shape index (κ1) is 12.9. The first-order valence-electron chi connectivity index (χ1n) is 6.98. The van der Waals surface area contributed by atoms with Gasteiger partial charge in [-0.05, 0) is 43.5 Å². The fourth-order valence-electron chi connectivity index (χ4n) is 3.17. The van der Waals surface area contributed by atoms with Crippen LogP contribution in [0, 0.1) is 6.92 Å². The third kappa shape index (κ3) is 1.92. The van der Waals surface area contributed by atoms with Crippen molar-refractivity contribution in [3.63, 3.8) is 0 Å². The molecular formula is C16H18N2O2. The summed E-state index contributed by atoms with van der Waals surface area (Å²) in [5.41, 5.74) is 2.26. The summed E-state index contributed by atoms with van der Waals surface area (Å²) in [6, 6.07) is 9.74. The SMILES string of the molecule is Cc1ccnn1-c1ccc(C2(C(=O)O)CCCC2)cc1. The summed E-state index contributed by atoms with van der Waals surface area (Å²) in [5, 5.41) is 13.9. The Labute approximate surface area is 118 Å². The van der Waals surface area contributed by atoms with Crippen molar-refractivity contribution in [2.45, 2.75) is 38.0 Å². The highest BCUT2D eigenvalue weighted by molar-refractivity contribution is 5.81. The minimum Gasteiger partial charge on any atom is -0.481 e. The Morgan fingerprint density at radius 1 is 1.20 bits per heavy atom. The molecular weight excluding hydrogens is 252 g/mol. The summed E-state index contributed by atoms with van der Waals surface area (Å²) in [5.74, 6) is -0.696. The van der Waals surface area contributed by atoms with E-state index >= 15 is 0 Å². The Kier molecular flexibility index (Phi) is 3.08. The van der Waals surface area contributed by atoms with Crippen LogP contribution in [0.5, 0.6) is 0 Å². The summed E-state index contributed by atoms with van der Waals surface area (Å²) >= 11 is 0. The van der Waals surface area contributed by atoms with E-state index < -0.39 is 11.4 Å². The van der Waals surface area contributed by atoms with E-state index in [2.05, 4.69) is 5.10 Å². The fourth-order valence-corrected chi connectivity index (χ4v) is 3.17. The lowest BCUT2D eigenvalue weighted by atomic mass is 9.79. The number of rotatable bonds is 3. The van der Waals surface area contributed by atoms with Crippen LogP contribution in [0.25, 0.3) is 5.69 Å². The molecule has 1 aliphatic rings. The summed E-state index contributed by atoms with van der Waals surface area (Å²) in [6.07, 6.45) is 5.22. The first-order chi connectivity index (χ1) is 9.63. The van der Waals surface area contributed by atoms with Gasteiger partial charge in [-0.1, -0.05) is 25.0 Å². The van der Waals surface area contributed by atoms with E-state index in [9.17, 15) is 9.90 Å². The first-order valence-corrected chi connectivity index (χ1v) is 6.98. The van der Waals surface area contributed by atoms with Crippen LogP contribution in [0.3, 0.4) is 0 Å². The topological polar surface area (TPSA) is 55.1 Å². The molecule has 4 heteroatoms. The zero-order chi connectivity index (χ0) is 14.2. The van der Waals surface area contributed by atoms with E-state index in [1.165, 1.54) is 0 Å². The Morgan fingerprint density at radius 3 is 2.35 bits per heavy atom. The molecule has 1 saturated carbocycles. The van der Waals surface area contributed by atoms with Crippen molar-refractivity contribution >= 4 is 5.97 Å². The molecule has 104 valence electrons. The minimum atomic E-state index is -0.696. The van der Waals surface area contributed by atoms with E-state index in [-0.39, 0.29) is 0 Å². The second kappa shape index (κ2) is 4.78. The zero-order valence-corrected chi connectivity index (χ0v) is 11.5. The van der Waals surface area contributed by atoms with Crippen molar-refractivity contribution in [3.05, 3.63) is 47.8 Å². The Morgan fingerprint density at radius 2 is 1.85 bits per heavy atom. The van der Waals surface area contributed by atoms with Crippen LogP contribution in [0.1, 0.15) is 36.9 Å². The Hall–Kier alpha value is -2.10. The van der Waals surface area contributed by atoms with Crippen molar-refractivity contribution < 1.29 is 9.90 Å². The number of carboxylic acid groups (broad SMARTS) is 1. The third-order valence-corrected chi connectivity index (χ3v) is 4.36. The van der Waals surface area contributed by atoms with Crippen LogP contribution >= 0.6 is 0 Å². The second-order valence-corrected chi connectivity index (χ2v) is 5.53. The van der Waals surface area contributed by atoms with Crippen LogP contribution in [0.2, 0.25) is 0 Å². The number of aryl methyl sites for hydroxylation is 1. The molecule has 1 N–H and O–H groups in total. The molecule has 0 atom stereocenters. The highest BCUT2D eigenvalue weighted by Crippen LogP contribution is 2.41. The monoisotopic (exact) mass is 270 g/mol. The van der Waals surface area contributed by atoms with Gasteiger partial charge in [0, 0.05) is 11.9 Å². The van der Waals surface area contributed by atoms with Gasteiger partial charge in [0.05, 0.1) is 11.1 Å². The van der Waals surface area contributed by atoms with Crippen LogP contribution in [-0.2, 0) is 10.2 Å². The molecule has 0 aliphatic heterocycles. The highest BCUT2D eigenvalue weighted by Gasteiger charge is 2.42. The number of aliphatic carboxylic acids is 1. The predicted molar refractivity (Wildman–Crippen MR) is 76.1 cm³/mol. The number of nitrogens with zero attached hydrogens (tertiary/aromatic N) is 2. The number of aromatic nitrogens is 2. The van der Waals surface area contributed by atoms with E-state index in [4.69, 9.17) is 0 Å². The van der Waals surface area contributed by atoms with Gasteiger partial charge in [0.15, 0.2) is 0 Å².